The molecule has 2 saturated heterocycles. The molecular weight excluding hydrogens is 248 g/mol. The molecule has 0 unspecified atom stereocenters. The average Bonchev–Trinajstić information content (AvgIpc) is 2.87. The molecule has 2 fully saturated rings. The molecule has 18 heavy (non-hydrogen) atoms. The summed E-state index contributed by atoms with van der Waals surface area (Å²) < 4.78 is 26.6. The Kier molecular flexibility index (Phi) is 3.13. The van der Waals surface area contributed by atoms with Crippen LogP contribution in [0, 0.1) is 0 Å². The Morgan fingerprint density at radius 1 is 1.06 bits per heavy atom. The van der Waals surface area contributed by atoms with Crippen LogP contribution in [0.3, 0.4) is 0 Å². The normalized spacial score (nSPS) is 26.1. The minimum atomic E-state index is -3.29. The summed E-state index contributed by atoms with van der Waals surface area (Å²) in [7, 11) is -3.29. The first kappa shape index (κ1) is 12.1. The number of piperazine rings is 1. The van der Waals surface area contributed by atoms with E-state index in [1.165, 1.54) is 6.42 Å². The van der Waals surface area contributed by atoms with Crippen molar-refractivity contribution in [2.75, 3.05) is 26.2 Å². The molecule has 2 aliphatic heterocycles. The lowest BCUT2D eigenvalue weighted by atomic mass is 10.2. The van der Waals surface area contributed by atoms with E-state index in [4.69, 9.17) is 0 Å². The standard InChI is InChI=1S/C13H18N2O2S/c16-18(17,13-6-2-1-3-7-13)15-10-9-14-8-4-5-12(14)11-15/h1-3,6-7,12H,4-5,8-11H2/t12-/m1/s1. The van der Waals surface area contributed by atoms with Crippen molar-refractivity contribution < 1.29 is 8.42 Å². The van der Waals surface area contributed by atoms with E-state index in [1.807, 2.05) is 6.07 Å². The van der Waals surface area contributed by atoms with Gasteiger partial charge in [0.25, 0.3) is 0 Å². The molecule has 1 atom stereocenters. The highest BCUT2D eigenvalue weighted by Crippen LogP contribution is 2.25. The number of hydrogen-bond donors (Lipinski definition) is 0. The summed E-state index contributed by atoms with van der Waals surface area (Å²) in [5, 5.41) is 0. The van der Waals surface area contributed by atoms with Gasteiger partial charge in [0.15, 0.2) is 0 Å². The van der Waals surface area contributed by atoms with Crippen molar-refractivity contribution in [3.8, 4) is 0 Å². The summed E-state index contributed by atoms with van der Waals surface area (Å²) in [5.74, 6) is 0. The van der Waals surface area contributed by atoms with E-state index in [1.54, 1.807) is 28.6 Å². The second-order valence-electron chi connectivity index (χ2n) is 5.01. The quantitative estimate of drug-likeness (QED) is 0.806. The van der Waals surface area contributed by atoms with Crippen LogP contribution in [0.25, 0.3) is 0 Å². The largest absolute Gasteiger partial charge is 0.298 e. The number of hydrogen-bond acceptors (Lipinski definition) is 3. The van der Waals surface area contributed by atoms with E-state index in [2.05, 4.69) is 4.90 Å². The maximum Gasteiger partial charge on any atom is 0.243 e. The van der Waals surface area contributed by atoms with Crippen molar-refractivity contribution >= 4 is 10.0 Å². The van der Waals surface area contributed by atoms with Crippen molar-refractivity contribution in [2.45, 2.75) is 23.8 Å². The van der Waals surface area contributed by atoms with Crippen LogP contribution in [-0.2, 0) is 10.0 Å². The molecule has 0 saturated carbocycles. The Morgan fingerprint density at radius 3 is 2.61 bits per heavy atom. The van der Waals surface area contributed by atoms with Crippen LogP contribution in [0.5, 0.6) is 0 Å². The highest BCUT2D eigenvalue weighted by atomic mass is 32.2. The highest BCUT2D eigenvalue weighted by Gasteiger charge is 2.35. The number of nitrogens with zero attached hydrogens (tertiary/aromatic N) is 2. The molecule has 5 heteroatoms. The van der Waals surface area contributed by atoms with Crippen LogP contribution in [0.1, 0.15) is 12.8 Å². The number of rotatable bonds is 2. The monoisotopic (exact) mass is 266 g/mol. The molecule has 1 aromatic carbocycles. The Labute approximate surface area is 108 Å². The van der Waals surface area contributed by atoms with E-state index in [0.717, 1.165) is 19.5 Å². The summed E-state index contributed by atoms with van der Waals surface area (Å²) in [6.07, 6.45) is 2.32. The van der Waals surface area contributed by atoms with Gasteiger partial charge in [0.2, 0.25) is 10.0 Å². The first-order chi connectivity index (χ1) is 8.68. The second-order valence-corrected chi connectivity index (χ2v) is 6.95. The summed E-state index contributed by atoms with van der Waals surface area (Å²) in [6.45, 7) is 3.27. The fourth-order valence-electron chi connectivity index (χ4n) is 2.92. The van der Waals surface area contributed by atoms with E-state index in [9.17, 15) is 8.42 Å². The highest BCUT2D eigenvalue weighted by molar-refractivity contribution is 7.89. The Bertz CT molecular complexity index is 515. The summed E-state index contributed by atoms with van der Waals surface area (Å²) in [6, 6.07) is 9.18. The zero-order valence-electron chi connectivity index (χ0n) is 10.3. The molecule has 0 N–H and O–H groups in total. The Morgan fingerprint density at radius 2 is 1.83 bits per heavy atom. The van der Waals surface area contributed by atoms with Gasteiger partial charge >= 0.3 is 0 Å². The summed E-state index contributed by atoms with van der Waals surface area (Å²) >= 11 is 0. The predicted molar refractivity (Wildman–Crippen MR) is 69.8 cm³/mol. The summed E-state index contributed by atoms with van der Waals surface area (Å²) in [5.41, 5.74) is 0. The third-order valence-corrected chi connectivity index (χ3v) is 5.81. The molecule has 0 aromatic heterocycles. The lowest BCUT2D eigenvalue weighted by Gasteiger charge is -2.36. The van der Waals surface area contributed by atoms with Crippen LogP contribution in [-0.4, -0.2) is 49.8 Å². The lowest BCUT2D eigenvalue weighted by molar-refractivity contribution is 0.158. The molecule has 2 heterocycles. The first-order valence-corrected chi connectivity index (χ1v) is 7.91. The van der Waals surface area contributed by atoms with Gasteiger partial charge in [0.1, 0.15) is 0 Å². The van der Waals surface area contributed by atoms with Gasteiger partial charge in [-0.3, -0.25) is 4.90 Å². The van der Waals surface area contributed by atoms with E-state index < -0.39 is 10.0 Å². The number of sulfonamides is 1. The fourth-order valence-corrected chi connectivity index (χ4v) is 4.41. The van der Waals surface area contributed by atoms with Gasteiger partial charge in [-0.15, -0.1) is 0 Å². The minimum absolute atomic E-state index is 0.413. The van der Waals surface area contributed by atoms with Crippen LogP contribution >= 0.6 is 0 Å². The number of fused-ring (bicyclic) bond motifs is 1. The predicted octanol–water partition coefficient (Wildman–Crippen LogP) is 1.16. The molecule has 0 aliphatic carbocycles. The van der Waals surface area contributed by atoms with E-state index in [-0.39, 0.29) is 0 Å². The Balaban J connectivity index is 1.82. The van der Waals surface area contributed by atoms with Gasteiger partial charge in [0.05, 0.1) is 4.90 Å². The van der Waals surface area contributed by atoms with Gasteiger partial charge in [-0.2, -0.15) is 4.31 Å². The van der Waals surface area contributed by atoms with Crippen molar-refractivity contribution in [1.29, 1.82) is 0 Å². The van der Waals surface area contributed by atoms with Crippen LogP contribution in [0.15, 0.2) is 35.2 Å². The fraction of sp³-hybridized carbons (Fsp3) is 0.538. The topological polar surface area (TPSA) is 40.6 Å². The maximum atomic E-state index is 12.5. The molecule has 98 valence electrons. The SMILES string of the molecule is O=S(=O)(c1ccccc1)N1CCN2CCC[C@@H]2C1. The zero-order chi connectivity index (χ0) is 12.6. The van der Waals surface area contributed by atoms with Gasteiger partial charge in [0, 0.05) is 25.7 Å². The number of benzene rings is 1. The average molecular weight is 266 g/mol. The third kappa shape index (κ3) is 2.06. The van der Waals surface area contributed by atoms with Gasteiger partial charge in [-0.1, -0.05) is 18.2 Å². The van der Waals surface area contributed by atoms with Gasteiger partial charge in [-0.25, -0.2) is 8.42 Å². The minimum Gasteiger partial charge on any atom is -0.298 e. The lowest BCUT2D eigenvalue weighted by Crippen LogP contribution is -2.51. The molecule has 0 spiro atoms. The third-order valence-electron chi connectivity index (χ3n) is 3.93. The molecule has 0 bridgehead atoms. The van der Waals surface area contributed by atoms with Crippen LogP contribution in [0.2, 0.25) is 0 Å². The van der Waals surface area contributed by atoms with Crippen molar-refractivity contribution in [1.82, 2.24) is 9.21 Å². The van der Waals surface area contributed by atoms with E-state index in [0.29, 0.717) is 24.0 Å². The summed E-state index contributed by atoms with van der Waals surface area (Å²) in [4.78, 5) is 2.83. The molecular formula is C13H18N2O2S. The molecule has 0 radical (unpaired) electrons. The van der Waals surface area contributed by atoms with Crippen molar-refractivity contribution in [2.24, 2.45) is 0 Å². The Hall–Kier alpha value is -0.910. The van der Waals surface area contributed by atoms with Crippen LogP contribution < -0.4 is 0 Å². The molecule has 3 rings (SSSR count). The maximum absolute atomic E-state index is 12.5. The van der Waals surface area contributed by atoms with Gasteiger partial charge < -0.3 is 0 Å². The van der Waals surface area contributed by atoms with E-state index >= 15 is 0 Å². The van der Waals surface area contributed by atoms with Crippen molar-refractivity contribution in [3.05, 3.63) is 30.3 Å². The van der Waals surface area contributed by atoms with Crippen LogP contribution in [0.4, 0.5) is 0 Å². The molecule has 1 aromatic rings. The smallest absolute Gasteiger partial charge is 0.243 e. The molecule has 0 amide bonds. The zero-order valence-corrected chi connectivity index (χ0v) is 11.1. The second kappa shape index (κ2) is 4.64. The first-order valence-electron chi connectivity index (χ1n) is 6.47. The van der Waals surface area contributed by atoms with Crippen molar-refractivity contribution in [3.63, 3.8) is 0 Å². The van der Waals surface area contributed by atoms with Gasteiger partial charge in [-0.05, 0) is 31.5 Å². The molecule has 2 aliphatic rings. The molecule has 4 nitrogen and oxygen atoms in total.